The molecule has 0 unspecified atom stereocenters. The highest BCUT2D eigenvalue weighted by molar-refractivity contribution is 6.31. The summed E-state index contributed by atoms with van der Waals surface area (Å²) in [6.07, 6.45) is 0.0389. The van der Waals surface area contributed by atoms with Gasteiger partial charge in [-0.3, -0.25) is 4.79 Å². The van der Waals surface area contributed by atoms with Gasteiger partial charge in [-0.1, -0.05) is 41.9 Å². The molecule has 0 saturated carbocycles. The van der Waals surface area contributed by atoms with E-state index in [0.29, 0.717) is 33.6 Å². The zero-order valence-corrected chi connectivity index (χ0v) is 18.2. The summed E-state index contributed by atoms with van der Waals surface area (Å²) in [6, 6.07) is 18.8. The summed E-state index contributed by atoms with van der Waals surface area (Å²) in [5.74, 6) is 1.35. The molecule has 3 aromatic carbocycles. The van der Waals surface area contributed by atoms with Crippen LogP contribution in [0, 0.1) is 6.92 Å². The van der Waals surface area contributed by atoms with Gasteiger partial charge in [-0.25, -0.2) is 0 Å². The molecular formula is C25H22ClNO4. The number of halogens is 1. The molecule has 0 aliphatic heterocycles. The molecule has 0 saturated heterocycles. The second kappa shape index (κ2) is 8.74. The Labute approximate surface area is 185 Å². The van der Waals surface area contributed by atoms with Crippen molar-refractivity contribution >= 4 is 34.2 Å². The van der Waals surface area contributed by atoms with Crippen molar-refractivity contribution in [1.82, 2.24) is 0 Å². The minimum absolute atomic E-state index is 0.0389. The highest BCUT2D eigenvalue weighted by Gasteiger charge is 2.21. The number of furan rings is 1. The first-order valence-electron chi connectivity index (χ1n) is 9.79. The summed E-state index contributed by atoms with van der Waals surface area (Å²) < 4.78 is 16.9. The highest BCUT2D eigenvalue weighted by atomic mass is 35.5. The molecule has 0 radical (unpaired) electrons. The number of benzene rings is 3. The fraction of sp³-hybridized carbons (Fsp3) is 0.160. The molecule has 5 nitrogen and oxygen atoms in total. The summed E-state index contributed by atoms with van der Waals surface area (Å²) in [5, 5.41) is 4.39. The van der Waals surface area contributed by atoms with Gasteiger partial charge in [0.2, 0.25) is 5.91 Å². The van der Waals surface area contributed by atoms with Crippen molar-refractivity contribution in [1.29, 1.82) is 0 Å². The lowest BCUT2D eigenvalue weighted by Gasteiger charge is -2.14. The van der Waals surface area contributed by atoms with Gasteiger partial charge in [-0.05, 0) is 48.4 Å². The maximum Gasteiger partial charge on any atom is 0.232 e. The van der Waals surface area contributed by atoms with Crippen LogP contribution in [0.4, 0.5) is 5.69 Å². The Kier molecular flexibility index (Phi) is 5.87. The molecule has 0 fully saturated rings. The molecule has 4 rings (SSSR count). The Hall–Kier alpha value is -3.44. The van der Waals surface area contributed by atoms with E-state index in [1.165, 1.54) is 0 Å². The van der Waals surface area contributed by atoms with Crippen molar-refractivity contribution in [2.75, 3.05) is 19.5 Å². The minimum Gasteiger partial charge on any atom is -0.494 e. The van der Waals surface area contributed by atoms with E-state index >= 15 is 0 Å². The Balaban J connectivity index is 1.75. The third-order valence-corrected chi connectivity index (χ3v) is 5.39. The summed E-state index contributed by atoms with van der Waals surface area (Å²) >= 11 is 6.26. The maximum atomic E-state index is 13.0. The van der Waals surface area contributed by atoms with Crippen molar-refractivity contribution in [2.24, 2.45) is 0 Å². The number of methoxy groups -OCH3 is 2. The first-order chi connectivity index (χ1) is 15.0. The number of hydrogen-bond acceptors (Lipinski definition) is 4. The van der Waals surface area contributed by atoms with Crippen LogP contribution in [0.1, 0.15) is 11.3 Å². The summed E-state index contributed by atoms with van der Waals surface area (Å²) in [4.78, 5) is 13.0. The number of amides is 1. The van der Waals surface area contributed by atoms with Crippen LogP contribution in [0.2, 0.25) is 5.02 Å². The predicted molar refractivity (Wildman–Crippen MR) is 123 cm³/mol. The molecule has 1 aromatic heterocycles. The zero-order valence-electron chi connectivity index (χ0n) is 17.5. The van der Waals surface area contributed by atoms with E-state index in [9.17, 15) is 4.79 Å². The third-order valence-electron chi connectivity index (χ3n) is 5.15. The number of carbonyl (C=O) groups excluding carboxylic acids is 1. The van der Waals surface area contributed by atoms with Crippen LogP contribution >= 0.6 is 11.6 Å². The van der Waals surface area contributed by atoms with E-state index in [0.717, 1.165) is 22.1 Å². The quantitative estimate of drug-likeness (QED) is 0.388. The standard InChI is InChI=1S/C25H22ClNO4/c1-15-7-4-5-8-17(15)24-18-13-16(26)11-12-19(18)31-22(24)14-23(28)27-25-20(29-2)9-6-10-21(25)30-3/h4-13H,14H2,1-3H3,(H,27,28). The predicted octanol–water partition coefficient (Wildman–Crippen LogP) is 6.26. The van der Waals surface area contributed by atoms with Crippen LogP contribution in [-0.2, 0) is 11.2 Å². The lowest BCUT2D eigenvalue weighted by Crippen LogP contribution is -2.16. The van der Waals surface area contributed by atoms with Gasteiger partial charge in [-0.2, -0.15) is 0 Å². The van der Waals surface area contributed by atoms with E-state index in [-0.39, 0.29) is 12.3 Å². The molecule has 0 bridgehead atoms. The number of aryl methyl sites for hydroxylation is 1. The van der Waals surface area contributed by atoms with Gasteiger partial charge < -0.3 is 19.2 Å². The molecule has 1 amide bonds. The van der Waals surface area contributed by atoms with E-state index in [1.54, 1.807) is 38.5 Å². The van der Waals surface area contributed by atoms with E-state index in [1.807, 2.05) is 43.3 Å². The Bertz CT molecular complexity index is 1240. The lowest BCUT2D eigenvalue weighted by atomic mass is 9.96. The average molecular weight is 436 g/mol. The van der Waals surface area contributed by atoms with Crippen molar-refractivity contribution < 1.29 is 18.7 Å². The van der Waals surface area contributed by atoms with Crippen molar-refractivity contribution in [3.8, 4) is 22.6 Å². The lowest BCUT2D eigenvalue weighted by molar-refractivity contribution is -0.115. The second-order valence-corrected chi connectivity index (χ2v) is 7.55. The Morgan fingerprint density at radius 3 is 2.39 bits per heavy atom. The van der Waals surface area contributed by atoms with Gasteiger partial charge in [0.25, 0.3) is 0 Å². The summed E-state index contributed by atoms with van der Waals surface area (Å²) in [7, 11) is 3.09. The number of ether oxygens (including phenoxy) is 2. The van der Waals surface area contributed by atoms with E-state index in [4.69, 9.17) is 25.5 Å². The topological polar surface area (TPSA) is 60.7 Å². The number of hydrogen-bond donors (Lipinski definition) is 1. The van der Waals surface area contributed by atoms with Gasteiger partial charge in [0.1, 0.15) is 28.5 Å². The summed E-state index contributed by atoms with van der Waals surface area (Å²) in [6.45, 7) is 2.03. The average Bonchev–Trinajstić information content (AvgIpc) is 3.10. The second-order valence-electron chi connectivity index (χ2n) is 7.12. The smallest absolute Gasteiger partial charge is 0.232 e. The number of nitrogens with one attached hydrogen (secondary N) is 1. The molecule has 4 aromatic rings. The SMILES string of the molecule is COc1cccc(OC)c1NC(=O)Cc1oc2ccc(Cl)cc2c1-c1ccccc1C. The molecule has 158 valence electrons. The minimum atomic E-state index is -0.247. The number of anilines is 1. The third kappa shape index (κ3) is 4.09. The van der Waals surface area contributed by atoms with Crippen molar-refractivity contribution in [3.05, 3.63) is 77.0 Å². The zero-order chi connectivity index (χ0) is 22.0. The molecule has 0 spiro atoms. The van der Waals surface area contributed by atoms with Crippen molar-refractivity contribution in [2.45, 2.75) is 13.3 Å². The van der Waals surface area contributed by atoms with Gasteiger partial charge >= 0.3 is 0 Å². The number of rotatable bonds is 6. The van der Waals surface area contributed by atoms with Crippen molar-refractivity contribution in [3.63, 3.8) is 0 Å². The Morgan fingerprint density at radius 2 is 1.71 bits per heavy atom. The normalized spacial score (nSPS) is 10.8. The largest absolute Gasteiger partial charge is 0.494 e. The van der Waals surface area contributed by atoms with Crippen LogP contribution in [0.15, 0.2) is 65.1 Å². The van der Waals surface area contributed by atoms with E-state index < -0.39 is 0 Å². The van der Waals surface area contributed by atoms with Crippen LogP contribution < -0.4 is 14.8 Å². The molecule has 0 aliphatic rings. The van der Waals surface area contributed by atoms with Crippen LogP contribution in [0.25, 0.3) is 22.1 Å². The maximum absolute atomic E-state index is 13.0. The number of carbonyl (C=O) groups is 1. The van der Waals surface area contributed by atoms with Gasteiger partial charge in [0.05, 0.1) is 20.6 Å². The number of fused-ring (bicyclic) bond motifs is 1. The first kappa shape index (κ1) is 20.8. The van der Waals surface area contributed by atoms with Crippen LogP contribution in [0.3, 0.4) is 0 Å². The molecule has 31 heavy (non-hydrogen) atoms. The molecule has 1 N–H and O–H groups in total. The van der Waals surface area contributed by atoms with Crippen LogP contribution in [-0.4, -0.2) is 20.1 Å². The fourth-order valence-electron chi connectivity index (χ4n) is 3.70. The monoisotopic (exact) mass is 435 g/mol. The fourth-order valence-corrected chi connectivity index (χ4v) is 3.87. The van der Waals surface area contributed by atoms with Gasteiger partial charge in [0, 0.05) is 16.0 Å². The van der Waals surface area contributed by atoms with E-state index in [2.05, 4.69) is 5.32 Å². The van der Waals surface area contributed by atoms with Gasteiger partial charge in [-0.15, -0.1) is 0 Å². The summed E-state index contributed by atoms with van der Waals surface area (Å²) in [5.41, 5.74) is 4.12. The number of para-hydroxylation sites is 1. The van der Waals surface area contributed by atoms with Gasteiger partial charge in [0.15, 0.2) is 0 Å². The molecule has 0 aliphatic carbocycles. The first-order valence-corrected chi connectivity index (χ1v) is 10.2. The molecule has 6 heteroatoms. The Morgan fingerprint density at radius 1 is 1.00 bits per heavy atom. The highest BCUT2D eigenvalue weighted by Crippen LogP contribution is 2.39. The molecular weight excluding hydrogens is 414 g/mol. The molecule has 1 heterocycles. The van der Waals surface area contributed by atoms with Crippen LogP contribution in [0.5, 0.6) is 11.5 Å². The molecule has 0 atom stereocenters.